The zero-order chi connectivity index (χ0) is 14.7. The zero-order valence-corrected chi connectivity index (χ0v) is 12.6. The van der Waals surface area contributed by atoms with Crippen LogP contribution >= 0.6 is 35.6 Å². The minimum Gasteiger partial charge on any atom is -0.550 e. The fraction of sp³-hybridized carbons (Fsp3) is 0.154. The van der Waals surface area contributed by atoms with E-state index >= 15 is 0 Å². The summed E-state index contributed by atoms with van der Waals surface area (Å²) in [7, 11) is 0. The molecule has 1 fully saturated rings. The molecular weight excluding hydrogens is 318 g/mol. The molecule has 0 radical (unpaired) electrons. The highest BCUT2D eigenvalue weighted by Gasteiger charge is 2.31. The van der Waals surface area contributed by atoms with Gasteiger partial charge in [-0.05, 0) is 17.7 Å². The molecule has 1 saturated heterocycles. The first-order valence-electron chi connectivity index (χ1n) is 5.69. The lowest BCUT2D eigenvalue weighted by molar-refractivity contribution is -0.305. The van der Waals surface area contributed by atoms with Crippen LogP contribution in [-0.4, -0.2) is 27.6 Å². The summed E-state index contributed by atoms with van der Waals surface area (Å²) in [5.74, 6) is -1.52. The number of thiocarbonyl (C=S) groups is 1. The minimum absolute atomic E-state index is 0.0207. The molecule has 0 aromatic heterocycles. The second kappa shape index (κ2) is 6.39. The van der Waals surface area contributed by atoms with Crippen molar-refractivity contribution in [3.63, 3.8) is 0 Å². The van der Waals surface area contributed by atoms with E-state index in [1.807, 2.05) is 6.07 Å². The molecule has 0 saturated carbocycles. The van der Waals surface area contributed by atoms with E-state index in [0.29, 0.717) is 14.2 Å². The van der Waals surface area contributed by atoms with Crippen molar-refractivity contribution in [3.05, 3.63) is 39.8 Å². The Labute approximate surface area is 130 Å². The summed E-state index contributed by atoms with van der Waals surface area (Å²) in [6, 6.07) is 7.12. The number of benzene rings is 1. The maximum atomic E-state index is 12.1. The van der Waals surface area contributed by atoms with Gasteiger partial charge in [0, 0.05) is 24.0 Å². The van der Waals surface area contributed by atoms with Crippen LogP contribution in [0.25, 0.3) is 6.08 Å². The molecule has 4 nitrogen and oxygen atoms in total. The Balaban J connectivity index is 2.19. The molecule has 104 valence electrons. The Morgan fingerprint density at radius 3 is 2.80 bits per heavy atom. The fourth-order valence-corrected chi connectivity index (χ4v) is 3.12. The van der Waals surface area contributed by atoms with Gasteiger partial charge in [0.15, 0.2) is 0 Å². The molecule has 1 aliphatic rings. The first-order chi connectivity index (χ1) is 9.49. The lowest BCUT2D eigenvalue weighted by atomic mass is 10.2. The predicted octanol–water partition coefficient (Wildman–Crippen LogP) is 1.68. The van der Waals surface area contributed by atoms with Crippen LogP contribution in [0.2, 0.25) is 5.02 Å². The molecule has 0 aliphatic carbocycles. The normalized spacial score (nSPS) is 17.1. The van der Waals surface area contributed by atoms with Crippen molar-refractivity contribution in [3.8, 4) is 0 Å². The number of halogens is 1. The van der Waals surface area contributed by atoms with Gasteiger partial charge in [0.25, 0.3) is 5.91 Å². The van der Waals surface area contributed by atoms with E-state index in [9.17, 15) is 14.7 Å². The van der Waals surface area contributed by atoms with Crippen molar-refractivity contribution in [1.29, 1.82) is 0 Å². The van der Waals surface area contributed by atoms with Crippen molar-refractivity contribution >= 4 is 57.9 Å². The monoisotopic (exact) mass is 326 g/mol. The number of amides is 1. The SMILES string of the molecule is O=C([O-])CCN1C(=O)/C(=C/c2ccccc2Cl)SC1=S. The minimum atomic E-state index is -1.21. The smallest absolute Gasteiger partial charge is 0.266 e. The number of rotatable bonds is 4. The van der Waals surface area contributed by atoms with Gasteiger partial charge in [-0.1, -0.05) is 53.8 Å². The molecule has 7 heteroatoms. The Hall–Kier alpha value is -1.37. The summed E-state index contributed by atoms with van der Waals surface area (Å²) in [5, 5.41) is 11.0. The average molecular weight is 327 g/mol. The van der Waals surface area contributed by atoms with Gasteiger partial charge >= 0.3 is 0 Å². The molecule has 0 spiro atoms. The molecule has 1 heterocycles. The number of thioether (sulfide) groups is 1. The number of carboxylic acid groups (broad SMARTS) is 1. The molecule has 0 atom stereocenters. The largest absolute Gasteiger partial charge is 0.550 e. The third-order valence-electron chi connectivity index (χ3n) is 2.60. The average Bonchev–Trinajstić information content (AvgIpc) is 2.65. The number of hydrogen-bond acceptors (Lipinski definition) is 5. The van der Waals surface area contributed by atoms with E-state index in [4.69, 9.17) is 23.8 Å². The van der Waals surface area contributed by atoms with E-state index in [1.165, 1.54) is 4.90 Å². The van der Waals surface area contributed by atoms with Gasteiger partial charge in [-0.25, -0.2) is 0 Å². The van der Waals surface area contributed by atoms with E-state index in [0.717, 1.165) is 17.3 Å². The fourth-order valence-electron chi connectivity index (χ4n) is 1.63. The first-order valence-corrected chi connectivity index (χ1v) is 7.29. The molecule has 20 heavy (non-hydrogen) atoms. The Kier molecular flexibility index (Phi) is 4.80. The van der Waals surface area contributed by atoms with Crippen LogP contribution in [0.4, 0.5) is 0 Å². The van der Waals surface area contributed by atoms with Crippen molar-refractivity contribution in [2.24, 2.45) is 0 Å². The molecule has 1 amide bonds. The summed E-state index contributed by atoms with van der Waals surface area (Å²) in [6.45, 7) is 0.0207. The number of aliphatic carboxylic acids is 1. The zero-order valence-electron chi connectivity index (χ0n) is 10.2. The van der Waals surface area contributed by atoms with Crippen molar-refractivity contribution in [1.82, 2.24) is 4.90 Å². The molecule has 0 unspecified atom stereocenters. The number of carbonyl (C=O) groups is 2. The van der Waals surface area contributed by atoms with Crippen LogP contribution in [0.15, 0.2) is 29.2 Å². The Morgan fingerprint density at radius 1 is 1.45 bits per heavy atom. The van der Waals surface area contributed by atoms with Crippen LogP contribution < -0.4 is 5.11 Å². The lowest BCUT2D eigenvalue weighted by Crippen LogP contribution is -2.33. The first kappa shape index (κ1) is 15.0. The van der Waals surface area contributed by atoms with Gasteiger partial charge < -0.3 is 9.90 Å². The van der Waals surface area contributed by atoms with Gasteiger partial charge in [0.05, 0.1) is 4.91 Å². The van der Waals surface area contributed by atoms with E-state index in [1.54, 1.807) is 24.3 Å². The Bertz CT molecular complexity index is 615. The molecule has 1 aliphatic heterocycles. The van der Waals surface area contributed by atoms with E-state index in [-0.39, 0.29) is 18.9 Å². The van der Waals surface area contributed by atoms with Crippen LogP contribution in [0.5, 0.6) is 0 Å². The summed E-state index contributed by atoms with van der Waals surface area (Å²) < 4.78 is 0.342. The molecular formula is C13H9ClNO3S2-. The summed E-state index contributed by atoms with van der Waals surface area (Å²) in [6.07, 6.45) is 1.41. The number of hydrogen-bond donors (Lipinski definition) is 0. The van der Waals surface area contributed by atoms with Crippen molar-refractivity contribution in [2.75, 3.05) is 6.54 Å². The second-order valence-electron chi connectivity index (χ2n) is 3.98. The summed E-state index contributed by atoms with van der Waals surface area (Å²) in [4.78, 5) is 24.3. The van der Waals surface area contributed by atoms with Gasteiger partial charge in [-0.3, -0.25) is 9.69 Å². The van der Waals surface area contributed by atoms with E-state index in [2.05, 4.69) is 0 Å². The van der Waals surface area contributed by atoms with Gasteiger partial charge in [-0.2, -0.15) is 0 Å². The maximum absolute atomic E-state index is 12.1. The molecule has 2 rings (SSSR count). The highest BCUT2D eigenvalue weighted by Crippen LogP contribution is 2.33. The Morgan fingerprint density at radius 2 is 2.15 bits per heavy atom. The van der Waals surface area contributed by atoms with Crippen molar-refractivity contribution < 1.29 is 14.7 Å². The molecule has 0 N–H and O–H groups in total. The summed E-state index contributed by atoms with van der Waals surface area (Å²) >= 11 is 12.2. The van der Waals surface area contributed by atoms with Gasteiger partial charge in [0.2, 0.25) is 0 Å². The third kappa shape index (κ3) is 3.39. The molecule has 1 aromatic rings. The van der Waals surface area contributed by atoms with E-state index < -0.39 is 5.97 Å². The third-order valence-corrected chi connectivity index (χ3v) is 4.33. The number of nitrogens with zero attached hydrogens (tertiary/aromatic N) is 1. The van der Waals surface area contributed by atoms with Crippen LogP contribution in [0, 0.1) is 0 Å². The lowest BCUT2D eigenvalue weighted by Gasteiger charge is -2.14. The molecule has 0 bridgehead atoms. The summed E-state index contributed by atoms with van der Waals surface area (Å²) in [5.41, 5.74) is 0.717. The van der Waals surface area contributed by atoms with Gasteiger partial charge in [-0.15, -0.1) is 0 Å². The predicted molar refractivity (Wildman–Crippen MR) is 81.0 cm³/mol. The standard InChI is InChI=1S/C13H10ClNO3S2/c14-9-4-2-1-3-8(9)7-10-12(18)15(13(19)20-10)6-5-11(16)17/h1-4,7H,5-6H2,(H,16,17)/p-1/b10-7-. The number of carboxylic acids is 1. The number of carbonyl (C=O) groups excluding carboxylic acids is 2. The van der Waals surface area contributed by atoms with Crippen LogP contribution in [-0.2, 0) is 9.59 Å². The highest BCUT2D eigenvalue weighted by atomic mass is 35.5. The van der Waals surface area contributed by atoms with Crippen molar-refractivity contribution in [2.45, 2.75) is 6.42 Å². The topological polar surface area (TPSA) is 60.4 Å². The van der Waals surface area contributed by atoms with Crippen LogP contribution in [0.3, 0.4) is 0 Å². The highest BCUT2D eigenvalue weighted by molar-refractivity contribution is 8.26. The quantitative estimate of drug-likeness (QED) is 0.622. The van der Waals surface area contributed by atoms with Crippen LogP contribution in [0.1, 0.15) is 12.0 Å². The maximum Gasteiger partial charge on any atom is 0.266 e. The second-order valence-corrected chi connectivity index (χ2v) is 6.06. The van der Waals surface area contributed by atoms with Gasteiger partial charge in [0.1, 0.15) is 4.32 Å². The molecule has 1 aromatic carbocycles.